The van der Waals surface area contributed by atoms with Crippen molar-refractivity contribution in [1.29, 1.82) is 0 Å². The molecule has 0 spiro atoms. The number of ether oxygens (including phenoxy) is 2. The highest BCUT2D eigenvalue weighted by molar-refractivity contribution is 5.80. The van der Waals surface area contributed by atoms with Crippen molar-refractivity contribution < 1.29 is 14.3 Å². The number of benzene rings is 2. The summed E-state index contributed by atoms with van der Waals surface area (Å²) in [6, 6.07) is 15.3. The normalized spacial score (nSPS) is 19.7. The fourth-order valence-electron chi connectivity index (χ4n) is 6.34. The number of rotatable bonds is 6. The Morgan fingerprint density at radius 2 is 2.08 bits per heavy atom. The highest BCUT2D eigenvalue weighted by atomic mass is 16.5. The molecular formula is C31H35N5O3. The summed E-state index contributed by atoms with van der Waals surface area (Å²) in [6.07, 6.45) is 4.22. The molecule has 0 amide bonds. The molecule has 0 bridgehead atoms. The van der Waals surface area contributed by atoms with Crippen LogP contribution in [0.1, 0.15) is 72.0 Å². The van der Waals surface area contributed by atoms with Gasteiger partial charge in [0.1, 0.15) is 11.6 Å². The van der Waals surface area contributed by atoms with Crippen LogP contribution in [0.3, 0.4) is 0 Å². The van der Waals surface area contributed by atoms with Crippen molar-refractivity contribution in [2.24, 2.45) is 7.05 Å². The van der Waals surface area contributed by atoms with Crippen molar-refractivity contribution in [3.05, 3.63) is 82.0 Å². The summed E-state index contributed by atoms with van der Waals surface area (Å²) >= 11 is 0. The van der Waals surface area contributed by atoms with Crippen LogP contribution in [-0.4, -0.2) is 50.1 Å². The molecule has 0 saturated heterocycles. The number of carbonyl (C=O) groups is 1. The van der Waals surface area contributed by atoms with E-state index in [1.54, 1.807) is 10.9 Å². The van der Waals surface area contributed by atoms with Gasteiger partial charge in [0.25, 0.3) is 0 Å². The second-order valence-corrected chi connectivity index (χ2v) is 10.8. The van der Waals surface area contributed by atoms with Crippen LogP contribution >= 0.6 is 0 Å². The molecule has 202 valence electrons. The van der Waals surface area contributed by atoms with Gasteiger partial charge in [-0.1, -0.05) is 35.5 Å². The molecule has 2 aromatic heterocycles. The van der Waals surface area contributed by atoms with Crippen LogP contribution in [0.25, 0.3) is 11.0 Å². The maximum absolute atomic E-state index is 12.8. The fraction of sp³-hybridized carbons (Fsp3) is 0.419. The third-order valence-corrected chi connectivity index (χ3v) is 8.22. The largest absolute Gasteiger partial charge is 0.473 e. The van der Waals surface area contributed by atoms with E-state index in [4.69, 9.17) is 9.47 Å². The maximum Gasteiger partial charge on any atom is 0.306 e. The lowest BCUT2D eigenvalue weighted by atomic mass is 9.84. The van der Waals surface area contributed by atoms with Crippen LogP contribution in [0.5, 0.6) is 5.88 Å². The molecule has 4 aromatic rings. The first-order chi connectivity index (χ1) is 18.9. The number of hydrogen-bond acceptors (Lipinski definition) is 7. The summed E-state index contributed by atoms with van der Waals surface area (Å²) in [5.74, 6) is 0.406. The Kier molecular flexibility index (Phi) is 6.81. The molecule has 0 radical (unpaired) electrons. The summed E-state index contributed by atoms with van der Waals surface area (Å²) < 4.78 is 13.4. The van der Waals surface area contributed by atoms with Gasteiger partial charge in [-0.2, -0.15) is 0 Å². The van der Waals surface area contributed by atoms with Crippen LogP contribution in [0.15, 0.2) is 48.7 Å². The minimum absolute atomic E-state index is 0.0475. The van der Waals surface area contributed by atoms with Gasteiger partial charge in [0.05, 0.1) is 18.5 Å². The first-order valence-corrected chi connectivity index (χ1v) is 13.8. The zero-order valence-corrected chi connectivity index (χ0v) is 23.1. The van der Waals surface area contributed by atoms with Gasteiger partial charge < -0.3 is 9.47 Å². The quantitative estimate of drug-likeness (QED) is 0.327. The summed E-state index contributed by atoms with van der Waals surface area (Å²) in [5, 5.41) is 8.62. The molecule has 0 fully saturated rings. The molecule has 6 rings (SSSR count). The summed E-state index contributed by atoms with van der Waals surface area (Å²) in [7, 11) is 1.90. The van der Waals surface area contributed by atoms with Crippen LogP contribution in [0.2, 0.25) is 0 Å². The predicted molar refractivity (Wildman–Crippen MR) is 149 cm³/mol. The van der Waals surface area contributed by atoms with E-state index in [0.29, 0.717) is 6.61 Å². The number of carbonyl (C=O) groups excluding carboxylic acids is 1. The molecule has 0 saturated carbocycles. The first kappa shape index (κ1) is 25.5. The van der Waals surface area contributed by atoms with Gasteiger partial charge in [-0.05, 0) is 73.6 Å². The number of pyridine rings is 1. The molecule has 3 atom stereocenters. The van der Waals surface area contributed by atoms with Crippen molar-refractivity contribution >= 4 is 17.0 Å². The van der Waals surface area contributed by atoms with Gasteiger partial charge in [0, 0.05) is 43.9 Å². The number of fused-ring (bicyclic) bond motifs is 3. The van der Waals surface area contributed by atoms with E-state index >= 15 is 0 Å². The van der Waals surface area contributed by atoms with Crippen LogP contribution in [-0.2, 0) is 29.5 Å². The number of aryl methyl sites for hydroxylation is 3. The average molecular weight is 526 g/mol. The van der Waals surface area contributed by atoms with Crippen LogP contribution < -0.4 is 4.74 Å². The minimum atomic E-state index is -0.194. The van der Waals surface area contributed by atoms with E-state index in [1.165, 1.54) is 11.1 Å². The van der Waals surface area contributed by atoms with E-state index in [9.17, 15) is 4.79 Å². The van der Waals surface area contributed by atoms with Crippen molar-refractivity contribution in [3.63, 3.8) is 0 Å². The Morgan fingerprint density at radius 1 is 1.21 bits per heavy atom. The monoisotopic (exact) mass is 525 g/mol. The van der Waals surface area contributed by atoms with Crippen molar-refractivity contribution in [3.8, 4) is 5.88 Å². The summed E-state index contributed by atoms with van der Waals surface area (Å²) in [5.41, 5.74) is 8.96. The molecular weight excluding hydrogens is 490 g/mol. The third kappa shape index (κ3) is 4.78. The van der Waals surface area contributed by atoms with E-state index in [-0.39, 0.29) is 30.5 Å². The average Bonchev–Trinajstić information content (AvgIpc) is 3.47. The smallest absolute Gasteiger partial charge is 0.306 e. The molecule has 3 heterocycles. The predicted octanol–water partition coefficient (Wildman–Crippen LogP) is 5.03. The molecule has 2 unspecified atom stereocenters. The van der Waals surface area contributed by atoms with Crippen molar-refractivity contribution in [2.45, 2.75) is 64.6 Å². The zero-order chi connectivity index (χ0) is 27.1. The van der Waals surface area contributed by atoms with Crippen LogP contribution in [0.4, 0.5) is 0 Å². The molecule has 2 aromatic carbocycles. The van der Waals surface area contributed by atoms with Crippen molar-refractivity contribution in [2.75, 3.05) is 13.2 Å². The number of hydrogen-bond donors (Lipinski definition) is 0. The van der Waals surface area contributed by atoms with Gasteiger partial charge in [-0.15, -0.1) is 5.10 Å². The second-order valence-electron chi connectivity index (χ2n) is 10.8. The summed E-state index contributed by atoms with van der Waals surface area (Å²) in [4.78, 5) is 19.8. The Balaban J connectivity index is 1.39. The molecule has 39 heavy (non-hydrogen) atoms. The SMILES string of the molecule is CCOC(=O)CC(c1ccc2c(c1)C(N1Cc3cccnc3O[C@H](C)C1)CC2)c1ccc2c(nnn2C)c1C. The molecule has 0 N–H and O–H groups in total. The molecule has 1 aliphatic carbocycles. The molecule has 8 nitrogen and oxygen atoms in total. The van der Waals surface area contributed by atoms with Gasteiger partial charge in [-0.25, -0.2) is 9.67 Å². The van der Waals surface area contributed by atoms with Crippen molar-refractivity contribution in [1.82, 2.24) is 24.9 Å². The van der Waals surface area contributed by atoms with Gasteiger partial charge >= 0.3 is 5.97 Å². The lowest BCUT2D eigenvalue weighted by Gasteiger charge is -2.30. The first-order valence-electron chi connectivity index (χ1n) is 13.8. The number of aromatic nitrogens is 4. The topological polar surface area (TPSA) is 82.4 Å². The van der Waals surface area contributed by atoms with E-state index in [1.807, 2.05) is 20.0 Å². The van der Waals surface area contributed by atoms with Gasteiger partial charge in [-0.3, -0.25) is 9.69 Å². The Labute approximate surface area is 228 Å². The standard InChI is InChI=1S/C31H35N5O3/c1-5-38-29(37)16-25(24-11-13-28-30(20(24)3)33-34-35(28)4)22-9-8-21-10-12-27(26(21)15-22)36-17-19(2)39-31-23(18-36)7-6-14-32-31/h6-9,11,13-15,19,25,27H,5,10,12,16-18H2,1-4H3/t19-,25?,27?/m1/s1. The third-order valence-electron chi connectivity index (χ3n) is 8.22. The Hall–Kier alpha value is -3.78. The van der Waals surface area contributed by atoms with E-state index in [0.717, 1.165) is 65.1 Å². The fourth-order valence-corrected chi connectivity index (χ4v) is 6.34. The van der Waals surface area contributed by atoms with E-state index < -0.39 is 0 Å². The lowest BCUT2D eigenvalue weighted by molar-refractivity contribution is -0.143. The van der Waals surface area contributed by atoms with Crippen LogP contribution in [0, 0.1) is 6.92 Å². The Morgan fingerprint density at radius 3 is 2.92 bits per heavy atom. The van der Waals surface area contributed by atoms with Gasteiger partial charge in [0.2, 0.25) is 5.88 Å². The minimum Gasteiger partial charge on any atom is -0.473 e. The number of esters is 1. The highest BCUT2D eigenvalue weighted by Crippen LogP contribution is 2.42. The molecule has 2 aliphatic rings. The summed E-state index contributed by atoms with van der Waals surface area (Å²) in [6.45, 7) is 8.04. The molecule has 1 aliphatic heterocycles. The van der Waals surface area contributed by atoms with Gasteiger partial charge in [0.15, 0.2) is 0 Å². The Bertz CT molecular complexity index is 1530. The van der Waals surface area contributed by atoms with E-state index in [2.05, 4.69) is 70.4 Å². The highest BCUT2D eigenvalue weighted by Gasteiger charge is 2.33. The lowest BCUT2D eigenvalue weighted by Crippen LogP contribution is -2.33. The zero-order valence-electron chi connectivity index (χ0n) is 23.1. The maximum atomic E-state index is 12.8. The number of nitrogens with zero attached hydrogens (tertiary/aromatic N) is 5. The molecule has 8 heteroatoms. The second kappa shape index (κ2) is 10.4.